The van der Waals surface area contributed by atoms with Gasteiger partial charge in [-0.05, 0) is 79.2 Å². The van der Waals surface area contributed by atoms with Gasteiger partial charge in [0.25, 0.3) is 11.8 Å². The van der Waals surface area contributed by atoms with E-state index in [1.54, 1.807) is 61.5 Å². The Bertz CT molecular complexity index is 1620. The maximum atomic E-state index is 13.0. The van der Waals surface area contributed by atoms with Crippen molar-refractivity contribution in [2.75, 3.05) is 5.01 Å². The first-order valence-electron chi connectivity index (χ1n) is 12.0. The topological polar surface area (TPSA) is 112 Å². The summed E-state index contributed by atoms with van der Waals surface area (Å²) in [7, 11) is 0. The number of hydrazone groups is 1. The fraction of sp³-hybridized carbons (Fsp3) is 0.0667. The molecule has 0 atom stereocenters. The fourth-order valence-electron chi connectivity index (χ4n) is 4.00. The second-order valence-electron chi connectivity index (χ2n) is 8.80. The molecule has 5 rings (SSSR count). The molecular weight excluding hydrogens is 501 g/mol. The first-order chi connectivity index (χ1) is 18.8. The Morgan fingerprint density at radius 2 is 1.62 bits per heavy atom. The van der Waals surface area contributed by atoms with Crippen LogP contribution in [0.5, 0.6) is 0 Å². The summed E-state index contributed by atoms with van der Waals surface area (Å²) in [5, 5.41) is 17.4. The quantitative estimate of drug-likeness (QED) is 0.310. The van der Waals surface area contributed by atoms with Crippen LogP contribution in [0, 0.1) is 5.82 Å². The fourth-order valence-corrected chi connectivity index (χ4v) is 4.00. The van der Waals surface area contributed by atoms with E-state index >= 15 is 0 Å². The molecule has 2 amide bonds. The first kappa shape index (κ1) is 25.3. The van der Waals surface area contributed by atoms with Gasteiger partial charge < -0.3 is 14.8 Å². The average Bonchev–Trinajstić information content (AvgIpc) is 3.53. The molecule has 0 radical (unpaired) electrons. The summed E-state index contributed by atoms with van der Waals surface area (Å²) in [6, 6.07) is 22.2. The van der Waals surface area contributed by atoms with Gasteiger partial charge in [-0.15, -0.1) is 0 Å². The highest BCUT2D eigenvalue weighted by molar-refractivity contribution is 6.32. The zero-order valence-electron chi connectivity index (χ0n) is 20.7. The van der Waals surface area contributed by atoms with Gasteiger partial charge in [0.1, 0.15) is 17.3 Å². The summed E-state index contributed by atoms with van der Waals surface area (Å²) in [6.07, 6.45) is 1.60. The zero-order chi connectivity index (χ0) is 27.5. The van der Waals surface area contributed by atoms with Crippen LogP contribution in [-0.4, -0.2) is 28.6 Å². The van der Waals surface area contributed by atoms with Gasteiger partial charge in [0.15, 0.2) is 0 Å². The average molecular weight is 524 g/mol. The molecule has 4 aromatic rings. The molecule has 0 aliphatic carbocycles. The highest BCUT2D eigenvalue weighted by atomic mass is 19.1. The molecule has 0 unspecified atom stereocenters. The minimum Gasteiger partial charge on any atom is -0.478 e. The predicted octanol–water partition coefficient (Wildman–Crippen LogP) is 5.52. The van der Waals surface area contributed by atoms with Crippen molar-refractivity contribution in [3.05, 3.63) is 119 Å². The van der Waals surface area contributed by atoms with Crippen LogP contribution in [0.15, 0.2) is 100 Å². The Morgan fingerprint density at radius 3 is 2.28 bits per heavy atom. The monoisotopic (exact) mass is 523 g/mol. The van der Waals surface area contributed by atoms with E-state index in [0.717, 1.165) is 11.1 Å². The van der Waals surface area contributed by atoms with E-state index in [2.05, 4.69) is 10.4 Å². The third-order valence-corrected chi connectivity index (χ3v) is 6.13. The Balaban J connectivity index is 1.25. The lowest BCUT2D eigenvalue weighted by molar-refractivity contribution is -0.114. The molecular formula is C30H22FN3O5. The number of carboxylic acid groups (broad SMARTS) is 1. The lowest BCUT2D eigenvalue weighted by Gasteiger charge is -2.11. The molecule has 1 aliphatic heterocycles. The maximum absolute atomic E-state index is 13.0. The molecule has 0 fully saturated rings. The summed E-state index contributed by atoms with van der Waals surface area (Å²) in [6.45, 7) is 1.99. The molecule has 1 aliphatic rings. The van der Waals surface area contributed by atoms with Crippen LogP contribution in [-0.2, 0) is 11.3 Å². The van der Waals surface area contributed by atoms with Gasteiger partial charge in [-0.1, -0.05) is 24.3 Å². The van der Waals surface area contributed by atoms with E-state index in [9.17, 15) is 18.8 Å². The summed E-state index contributed by atoms with van der Waals surface area (Å²) in [5.41, 5.74) is 3.42. The number of halogens is 1. The minimum absolute atomic E-state index is 0.114. The smallest absolute Gasteiger partial charge is 0.335 e. The van der Waals surface area contributed by atoms with Gasteiger partial charge in [-0.2, -0.15) is 10.1 Å². The number of furan rings is 1. The van der Waals surface area contributed by atoms with Crippen LogP contribution in [0.2, 0.25) is 0 Å². The van der Waals surface area contributed by atoms with Crippen LogP contribution in [0.3, 0.4) is 0 Å². The van der Waals surface area contributed by atoms with Crippen molar-refractivity contribution in [3.63, 3.8) is 0 Å². The van der Waals surface area contributed by atoms with Gasteiger partial charge in [0, 0.05) is 17.7 Å². The number of anilines is 1. The van der Waals surface area contributed by atoms with Gasteiger partial charge in [0.05, 0.1) is 22.5 Å². The lowest BCUT2D eigenvalue weighted by Crippen LogP contribution is -2.22. The number of carboxylic acids is 1. The number of benzene rings is 3. The highest BCUT2D eigenvalue weighted by Gasteiger charge is 2.29. The molecule has 0 bridgehead atoms. The third-order valence-electron chi connectivity index (χ3n) is 6.13. The van der Waals surface area contributed by atoms with Gasteiger partial charge in [-0.25, -0.2) is 9.18 Å². The second-order valence-corrected chi connectivity index (χ2v) is 8.80. The van der Waals surface area contributed by atoms with Crippen LogP contribution in [0.25, 0.3) is 17.4 Å². The molecule has 0 saturated carbocycles. The number of hydrogen-bond donors (Lipinski definition) is 2. The van der Waals surface area contributed by atoms with Gasteiger partial charge in [-0.3, -0.25) is 9.59 Å². The molecule has 9 heteroatoms. The van der Waals surface area contributed by atoms with Crippen molar-refractivity contribution < 1.29 is 28.3 Å². The van der Waals surface area contributed by atoms with Crippen molar-refractivity contribution in [1.82, 2.24) is 5.32 Å². The molecule has 8 nitrogen and oxygen atoms in total. The van der Waals surface area contributed by atoms with E-state index in [1.807, 2.05) is 0 Å². The summed E-state index contributed by atoms with van der Waals surface area (Å²) in [4.78, 5) is 36.6. The normalized spacial score (nSPS) is 14.0. The number of aromatic carboxylic acids is 1. The maximum Gasteiger partial charge on any atom is 0.335 e. The van der Waals surface area contributed by atoms with E-state index in [4.69, 9.17) is 9.52 Å². The lowest BCUT2D eigenvalue weighted by atomic mass is 10.1. The predicted molar refractivity (Wildman–Crippen MR) is 144 cm³/mol. The van der Waals surface area contributed by atoms with Crippen LogP contribution >= 0.6 is 0 Å². The number of amides is 2. The van der Waals surface area contributed by atoms with E-state index in [0.29, 0.717) is 34.1 Å². The van der Waals surface area contributed by atoms with Crippen LogP contribution in [0.1, 0.15) is 39.0 Å². The highest BCUT2D eigenvalue weighted by Crippen LogP contribution is 2.28. The summed E-state index contributed by atoms with van der Waals surface area (Å²) >= 11 is 0. The van der Waals surface area contributed by atoms with Gasteiger partial charge in [0.2, 0.25) is 0 Å². The Labute approximate surface area is 222 Å². The van der Waals surface area contributed by atoms with Gasteiger partial charge >= 0.3 is 5.97 Å². The largest absolute Gasteiger partial charge is 0.478 e. The number of hydrogen-bond acceptors (Lipinski definition) is 5. The molecule has 0 spiro atoms. The SMILES string of the molecule is CC1=NN(c2ccc(C(=O)O)cc2)C(=O)/C1=C/c1ccc(-c2ccc(C(=O)NCc3ccc(F)cc3)cc2)o1. The molecule has 194 valence electrons. The minimum atomic E-state index is -1.05. The Hall–Kier alpha value is -5.31. The Kier molecular flexibility index (Phi) is 6.88. The standard InChI is InChI=1S/C30H22FN3O5/c1-18-26(29(36)34(33-18)24-12-8-22(9-13-24)30(37)38)16-25-14-15-27(39-25)20-4-6-21(7-5-20)28(35)32-17-19-2-10-23(31)11-3-19/h2-16H,17H2,1H3,(H,32,35)(H,37,38)/b26-16+. The van der Waals surface area contributed by atoms with Crippen molar-refractivity contribution in [2.45, 2.75) is 13.5 Å². The van der Waals surface area contributed by atoms with E-state index in [-0.39, 0.29) is 29.7 Å². The second kappa shape index (κ2) is 10.6. The number of carbonyl (C=O) groups is 3. The number of carbonyl (C=O) groups excluding carboxylic acids is 2. The van der Waals surface area contributed by atoms with Crippen LogP contribution in [0.4, 0.5) is 10.1 Å². The van der Waals surface area contributed by atoms with E-state index in [1.165, 1.54) is 41.4 Å². The number of rotatable bonds is 7. The third kappa shape index (κ3) is 5.52. The van der Waals surface area contributed by atoms with Crippen LogP contribution < -0.4 is 10.3 Å². The molecule has 3 aromatic carbocycles. The number of nitrogens with zero attached hydrogens (tertiary/aromatic N) is 2. The molecule has 1 aromatic heterocycles. The molecule has 2 N–H and O–H groups in total. The summed E-state index contributed by atoms with van der Waals surface area (Å²) in [5.74, 6) is -0.990. The van der Waals surface area contributed by atoms with Crippen molar-refractivity contribution in [3.8, 4) is 11.3 Å². The summed E-state index contributed by atoms with van der Waals surface area (Å²) < 4.78 is 19.0. The molecule has 2 heterocycles. The van der Waals surface area contributed by atoms with Crippen molar-refractivity contribution in [1.29, 1.82) is 0 Å². The Morgan fingerprint density at radius 1 is 0.949 bits per heavy atom. The van der Waals surface area contributed by atoms with Crippen molar-refractivity contribution in [2.24, 2.45) is 5.10 Å². The molecule has 0 saturated heterocycles. The first-order valence-corrected chi connectivity index (χ1v) is 12.0. The zero-order valence-corrected chi connectivity index (χ0v) is 20.7. The van der Waals surface area contributed by atoms with Crippen molar-refractivity contribution >= 4 is 35.3 Å². The number of nitrogens with one attached hydrogen (secondary N) is 1. The molecule has 39 heavy (non-hydrogen) atoms. The van der Waals surface area contributed by atoms with E-state index < -0.39 is 5.97 Å².